The van der Waals surface area contributed by atoms with E-state index in [1.807, 2.05) is 0 Å². The molecule has 1 atom stereocenters. The van der Waals surface area contributed by atoms with E-state index in [2.05, 4.69) is 5.32 Å². The summed E-state index contributed by atoms with van der Waals surface area (Å²) >= 11 is 0. The van der Waals surface area contributed by atoms with E-state index in [-0.39, 0.29) is 23.5 Å². The zero-order valence-electron chi connectivity index (χ0n) is 11.5. The third kappa shape index (κ3) is 4.60. The Kier molecular flexibility index (Phi) is 5.60. The molecule has 0 radical (unpaired) electrons. The minimum absolute atomic E-state index is 0.137. The van der Waals surface area contributed by atoms with E-state index >= 15 is 0 Å². The Hall–Kier alpha value is -1.99. The van der Waals surface area contributed by atoms with Crippen LogP contribution in [0.5, 0.6) is 0 Å². The van der Waals surface area contributed by atoms with Crippen LogP contribution in [-0.2, 0) is 4.74 Å². The van der Waals surface area contributed by atoms with Crippen molar-refractivity contribution in [2.24, 2.45) is 0 Å². The summed E-state index contributed by atoms with van der Waals surface area (Å²) in [5.74, 6) is 0. The molecule has 0 aliphatic heterocycles. The molecule has 1 rings (SSSR count). The smallest absolute Gasteiger partial charge is 0.293 e. The van der Waals surface area contributed by atoms with Crippen molar-refractivity contribution in [3.63, 3.8) is 0 Å². The highest BCUT2D eigenvalue weighted by atomic mass is 16.6. The molecular weight excluding hydrogens is 264 g/mol. The number of ether oxygens (including phenoxy) is 1. The molecule has 7 nitrogen and oxygen atoms in total. The van der Waals surface area contributed by atoms with Crippen LogP contribution in [0.3, 0.4) is 0 Å². The number of hydrogen-bond donors (Lipinski definition) is 2. The maximum absolute atomic E-state index is 11.0. The average Bonchev–Trinajstić information content (AvgIpc) is 2.42. The Balaban J connectivity index is 2.82. The predicted octanol–water partition coefficient (Wildman–Crippen LogP) is 1.61. The summed E-state index contributed by atoms with van der Waals surface area (Å²) in [7, 11) is 1.53. The number of nitrogens with one attached hydrogen (secondary N) is 1. The maximum atomic E-state index is 11.0. The first-order chi connectivity index (χ1) is 9.39. The zero-order valence-corrected chi connectivity index (χ0v) is 11.5. The summed E-state index contributed by atoms with van der Waals surface area (Å²) < 4.78 is 4.89. The molecule has 0 aliphatic rings. The highest BCUT2D eigenvalue weighted by molar-refractivity contribution is 5.79. The summed E-state index contributed by atoms with van der Waals surface area (Å²) in [6, 6.07) is 4.12. The Morgan fingerprint density at radius 1 is 1.55 bits per heavy atom. The van der Waals surface area contributed by atoms with Gasteiger partial charge in [0, 0.05) is 38.3 Å². The maximum Gasteiger partial charge on any atom is 0.293 e. The van der Waals surface area contributed by atoms with Crippen molar-refractivity contribution < 1.29 is 19.6 Å². The van der Waals surface area contributed by atoms with E-state index < -0.39 is 10.5 Å². The van der Waals surface area contributed by atoms with Gasteiger partial charge in [0.15, 0.2) is 0 Å². The number of carbonyl (C=O) groups excluding carboxylic acids is 1. The lowest BCUT2D eigenvalue weighted by Gasteiger charge is -2.23. The zero-order chi connectivity index (χ0) is 15.2. The van der Waals surface area contributed by atoms with Crippen LogP contribution in [0, 0.1) is 10.1 Å². The number of rotatable bonds is 8. The monoisotopic (exact) mass is 282 g/mol. The normalized spacial score (nSPS) is 13.6. The lowest BCUT2D eigenvalue weighted by molar-refractivity contribution is -0.384. The number of carbonyl (C=O) groups is 1. The first kappa shape index (κ1) is 16.1. The van der Waals surface area contributed by atoms with Gasteiger partial charge in [-0.25, -0.2) is 0 Å². The molecule has 1 aromatic carbocycles. The van der Waals surface area contributed by atoms with E-state index in [4.69, 9.17) is 4.74 Å². The van der Waals surface area contributed by atoms with Crippen LogP contribution in [-0.4, -0.2) is 42.2 Å². The van der Waals surface area contributed by atoms with Gasteiger partial charge in [-0.3, -0.25) is 14.9 Å². The van der Waals surface area contributed by atoms with Gasteiger partial charge in [-0.2, -0.15) is 0 Å². The van der Waals surface area contributed by atoms with Crippen molar-refractivity contribution in [2.75, 3.05) is 25.6 Å². The van der Waals surface area contributed by atoms with E-state index in [1.54, 1.807) is 6.92 Å². The lowest BCUT2D eigenvalue weighted by Crippen LogP contribution is -2.34. The van der Waals surface area contributed by atoms with E-state index in [0.29, 0.717) is 19.3 Å². The van der Waals surface area contributed by atoms with Gasteiger partial charge >= 0.3 is 0 Å². The summed E-state index contributed by atoms with van der Waals surface area (Å²) in [6.45, 7) is 2.14. The molecule has 0 aliphatic carbocycles. The first-order valence-corrected chi connectivity index (χ1v) is 6.08. The standard InChI is InChI=1S/C13H18N2O5/c1-13(17,5-6-20-2)9-14-11-4-3-10(8-16)7-12(11)15(18)19/h3-4,7-8,14,17H,5-6,9H2,1-2H3. The van der Waals surface area contributed by atoms with Crippen LogP contribution in [0.25, 0.3) is 0 Å². The van der Waals surface area contributed by atoms with Gasteiger partial charge in [0.1, 0.15) is 12.0 Å². The molecule has 0 aromatic heterocycles. The van der Waals surface area contributed by atoms with Gasteiger partial charge in [-0.05, 0) is 19.1 Å². The molecule has 1 unspecified atom stereocenters. The molecule has 0 saturated heterocycles. The average molecular weight is 282 g/mol. The number of anilines is 1. The van der Waals surface area contributed by atoms with Crippen LogP contribution < -0.4 is 5.32 Å². The van der Waals surface area contributed by atoms with Gasteiger partial charge in [0.05, 0.1) is 10.5 Å². The molecule has 20 heavy (non-hydrogen) atoms. The third-order valence-electron chi connectivity index (χ3n) is 2.86. The second-order valence-electron chi connectivity index (χ2n) is 4.74. The number of methoxy groups -OCH3 is 1. The molecule has 7 heteroatoms. The highest BCUT2D eigenvalue weighted by Gasteiger charge is 2.22. The SMILES string of the molecule is COCCC(C)(O)CNc1ccc(C=O)cc1[N+](=O)[O-]. The molecule has 0 amide bonds. The van der Waals surface area contributed by atoms with Gasteiger partial charge < -0.3 is 15.2 Å². The fourth-order valence-electron chi connectivity index (χ4n) is 1.62. The summed E-state index contributed by atoms with van der Waals surface area (Å²) in [6.07, 6.45) is 0.947. The molecular formula is C13H18N2O5. The van der Waals surface area contributed by atoms with Gasteiger partial charge in [0.25, 0.3) is 5.69 Å². The molecule has 0 bridgehead atoms. The topological polar surface area (TPSA) is 102 Å². The van der Waals surface area contributed by atoms with Crippen molar-refractivity contribution in [2.45, 2.75) is 18.9 Å². The second kappa shape index (κ2) is 6.97. The molecule has 2 N–H and O–H groups in total. The van der Waals surface area contributed by atoms with Crippen molar-refractivity contribution in [3.05, 3.63) is 33.9 Å². The second-order valence-corrected chi connectivity index (χ2v) is 4.74. The molecule has 1 aromatic rings. The first-order valence-electron chi connectivity index (χ1n) is 6.08. The van der Waals surface area contributed by atoms with E-state index in [9.17, 15) is 20.0 Å². The summed E-state index contributed by atoms with van der Waals surface area (Å²) in [5, 5.41) is 23.9. The quantitative estimate of drug-likeness (QED) is 0.426. The minimum atomic E-state index is -1.05. The Morgan fingerprint density at radius 3 is 2.80 bits per heavy atom. The van der Waals surface area contributed by atoms with Crippen LogP contribution in [0.1, 0.15) is 23.7 Å². The highest BCUT2D eigenvalue weighted by Crippen LogP contribution is 2.25. The Bertz CT molecular complexity index is 488. The van der Waals surface area contributed by atoms with Crippen LogP contribution >= 0.6 is 0 Å². The molecule has 0 fully saturated rings. The predicted molar refractivity (Wildman–Crippen MR) is 74.1 cm³/mol. The van der Waals surface area contributed by atoms with E-state index in [0.717, 1.165) is 0 Å². The van der Waals surface area contributed by atoms with E-state index in [1.165, 1.54) is 25.3 Å². The summed E-state index contributed by atoms with van der Waals surface area (Å²) in [4.78, 5) is 21.0. The van der Waals surface area contributed by atoms with Gasteiger partial charge in [-0.1, -0.05) is 0 Å². The number of aldehydes is 1. The van der Waals surface area contributed by atoms with Crippen molar-refractivity contribution in [3.8, 4) is 0 Å². The number of benzene rings is 1. The van der Waals surface area contributed by atoms with Crippen LogP contribution in [0.2, 0.25) is 0 Å². The number of aliphatic hydroxyl groups is 1. The van der Waals surface area contributed by atoms with Gasteiger partial charge in [0.2, 0.25) is 0 Å². The number of hydrogen-bond acceptors (Lipinski definition) is 6. The van der Waals surface area contributed by atoms with Crippen molar-refractivity contribution in [1.29, 1.82) is 0 Å². The number of nitrogens with zero attached hydrogens (tertiary/aromatic N) is 1. The Morgan fingerprint density at radius 2 is 2.25 bits per heavy atom. The van der Waals surface area contributed by atoms with Crippen molar-refractivity contribution in [1.82, 2.24) is 0 Å². The third-order valence-corrected chi connectivity index (χ3v) is 2.86. The molecule has 0 heterocycles. The minimum Gasteiger partial charge on any atom is -0.388 e. The van der Waals surface area contributed by atoms with Gasteiger partial charge in [-0.15, -0.1) is 0 Å². The summed E-state index contributed by atoms with van der Waals surface area (Å²) in [5.41, 5.74) is -0.753. The van der Waals surface area contributed by atoms with Crippen LogP contribution in [0.4, 0.5) is 11.4 Å². The number of nitro groups is 1. The fourth-order valence-corrected chi connectivity index (χ4v) is 1.62. The van der Waals surface area contributed by atoms with Crippen LogP contribution in [0.15, 0.2) is 18.2 Å². The molecule has 0 saturated carbocycles. The largest absolute Gasteiger partial charge is 0.388 e. The number of nitro benzene ring substituents is 1. The van der Waals surface area contributed by atoms with Crippen molar-refractivity contribution >= 4 is 17.7 Å². The molecule has 0 spiro atoms. The fraction of sp³-hybridized carbons (Fsp3) is 0.462. The Labute approximate surface area is 116 Å². The lowest BCUT2D eigenvalue weighted by atomic mass is 10.0. The molecule has 110 valence electrons.